The van der Waals surface area contributed by atoms with Crippen molar-refractivity contribution in [2.45, 2.75) is 33.0 Å². The van der Waals surface area contributed by atoms with Gasteiger partial charge in [-0.3, -0.25) is 4.79 Å². The molecule has 0 aliphatic heterocycles. The zero-order valence-electron chi connectivity index (χ0n) is 18.3. The van der Waals surface area contributed by atoms with E-state index in [0.29, 0.717) is 12.1 Å². The van der Waals surface area contributed by atoms with E-state index in [1.165, 1.54) is 5.56 Å². The molecule has 31 heavy (non-hydrogen) atoms. The fourth-order valence-electron chi connectivity index (χ4n) is 3.63. The first kappa shape index (κ1) is 21.2. The molecule has 1 amide bonds. The summed E-state index contributed by atoms with van der Waals surface area (Å²) in [4.78, 5) is 21.3. The first-order valence-corrected chi connectivity index (χ1v) is 11.2. The van der Waals surface area contributed by atoms with Crippen molar-refractivity contribution in [2.75, 3.05) is 14.1 Å². The molecule has 4 aromatic rings. The third kappa shape index (κ3) is 4.52. The molecule has 3 heterocycles. The molecule has 0 spiro atoms. The number of nitrogens with one attached hydrogen (secondary N) is 1. The summed E-state index contributed by atoms with van der Waals surface area (Å²) in [5, 5.41) is 10.4. The first-order chi connectivity index (χ1) is 14.9. The van der Waals surface area contributed by atoms with Crippen molar-refractivity contribution in [1.82, 2.24) is 25.0 Å². The number of hydrogen-bond donors (Lipinski definition) is 1. The number of carbonyl (C=O) groups is 1. The highest BCUT2D eigenvalue weighted by molar-refractivity contribution is 7.13. The molecule has 6 nitrogen and oxygen atoms in total. The topological polar surface area (TPSA) is 63.1 Å². The van der Waals surface area contributed by atoms with Gasteiger partial charge in [-0.25, -0.2) is 9.67 Å². The molecule has 0 atom stereocenters. The van der Waals surface area contributed by atoms with Gasteiger partial charge in [0.05, 0.1) is 27.7 Å². The van der Waals surface area contributed by atoms with Crippen LogP contribution in [-0.2, 0) is 13.1 Å². The van der Waals surface area contributed by atoms with Gasteiger partial charge in [0.25, 0.3) is 5.91 Å². The zero-order chi connectivity index (χ0) is 22.0. The van der Waals surface area contributed by atoms with E-state index in [1.807, 2.05) is 54.5 Å². The summed E-state index contributed by atoms with van der Waals surface area (Å²) in [5.41, 5.74) is 4.46. The average molecular weight is 434 g/mol. The molecule has 0 saturated heterocycles. The van der Waals surface area contributed by atoms with Gasteiger partial charge in [-0.05, 0) is 56.6 Å². The molecular weight excluding hydrogens is 406 g/mol. The van der Waals surface area contributed by atoms with E-state index in [2.05, 4.69) is 41.3 Å². The van der Waals surface area contributed by atoms with Crippen LogP contribution in [0.1, 0.15) is 41.4 Å². The highest BCUT2D eigenvalue weighted by atomic mass is 32.1. The van der Waals surface area contributed by atoms with Gasteiger partial charge in [0.15, 0.2) is 5.65 Å². The number of hydrogen-bond acceptors (Lipinski definition) is 5. The molecule has 4 rings (SSSR count). The molecule has 1 N–H and O–H groups in total. The van der Waals surface area contributed by atoms with Crippen LogP contribution in [0.2, 0.25) is 0 Å². The fraction of sp³-hybridized carbons (Fsp3) is 0.292. The van der Waals surface area contributed by atoms with Crippen LogP contribution >= 0.6 is 11.3 Å². The molecular formula is C24H27N5OS. The van der Waals surface area contributed by atoms with Crippen LogP contribution in [0.3, 0.4) is 0 Å². The molecule has 0 fully saturated rings. The number of pyridine rings is 1. The number of amides is 1. The number of carbonyl (C=O) groups excluding carboxylic acids is 1. The van der Waals surface area contributed by atoms with Gasteiger partial charge in [0.1, 0.15) is 0 Å². The van der Waals surface area contributed by atoms with Crippen LogP contribution in [0.4, 0.5) is 0 Å². The standard InChI is InChI=1S/C24H27N5OS/c1-16(2)29-23-20(14-26-29)19(12-21(27-23)22-10-7-11-31-22)24(30)25-13-17-8-5-6-9-18(17)15-28(3)4/h5-12,14,16H,13,15H2,1-4H3,(H,25,30). The van der Waals surface area contributed by atoms with Crippen molar-refractivity contribution in [3.63, 3.8) is 0 Å². The fourth-order valence-corrected chi connectivity index (χ4v) is 4.32. The lowest BCUT2D eigenvalue weighted by Crippen LogP contribution is -2.24. The Morgan fingerprint density at radius 1 is 1.16 bits per heavy atom. The van der Waals surface area contributed by atoms with Gasteiger partial charge < -0.3 is 10.2 Å². The van der Waals surface area contributed by atoms with E-state index in [0.717, 1.165) is 33.7 Å². The minimum absolute atomic E-state index is 0.117. The molecule has 160 valence electrons. The lowest BCUT2D eigenvalue weighted by Gasteiger charge is -2.15. The predicted molar refractivity (Wildman–Crippen MR) is 126 cm³/mol. The monoisotopic (exact) mass is 433 g/mol. The van der Waals surface area contributed by atoms with E-state index in [4.69, 9.17) is 4.98 Å². The Morgan fingerprint density at radius 3 is 2.61 bits per heavy atom. The lowest BCUT2D eigenvalue weighted by atomic mass is 10.1. The Kier molecular flexibility index (Phi) is 6.15. The smallest absolute Gasteiger partial charge is 0.252 e. The molecule has 0 unspecified atom stereocenters. The lowest BCUT2D eigenvalue weighted by molar-refractivity contribution is 0.0952. The molecule has 0 radical (unpaired) electrons. The molecule has 7 heteroatoms. The van der Waals surface area contributed by atoms with Crippen LogP contribution in [0.15, 0.2) is 54.0 Å². The average Bonchev–Trinajstić information content (AvgIpc) is 3.41. The largest absolute Gasteiger partial charge is 0.348 e. The summed E-state index contributed by atoms with van der Waals surface area (Å²) in [5.74, 6) is -0.117. The second kappa shape index (κ2) is 8.99. The molecule has 0 aliphatic rings. The number of aromatic nitrogens is 3. The van der Waals surface area contributed by atoms with E-state index >= 15 is 0 Å². The SMILES string of the molecule is CC(C)n1ncc2c(C(=O)NCc3ccccc3CN(C)C)cc(-c3cccs3)nc21. The second-order valence-electron chi connectivity index (χ2n) is 8.14. The Labute approximate surface area is 186 Å². The summed E-state index contributed by atoms with van der Waals surface area (Å²) in [6.07, 6.45) is 1.75. The van der Waals surface area contributed by atoms with Crippen molar-refractivity contribution in [3.8, 4) is 10.6 Å². The van der Waals surface area contributed by atoms with E-state index < -0.39 is 0 Å². The molecule has 0 aliphatic carbocycles. The van der Waals surface area contributed by atoms with Gasteiger partial charge in [0, 0.05) is 19.1 Å². The summed E-state index contributed by atoms with van der Waals surface area (Å²) in [6, 6.07) is 14.3. The summed E-state index contributed by atoms with van der Waals surface area (Å²) >= 11 is 1.61. The molecule has 3 aromatic heterocycles. The summed E-state index contributed by atoms with van der Waals surface area (Å²) < 4.78 is 1.87. The minimum Gasteiger partial charge on any atom is -0.348 e. The Bertz CT molecular complexity index is 1190. The second-order valence-corrected chi connectivity index (χ2v) is 9.09. The molecule has 0 bridgehead atoms. The van der Waals surface area contributed by atoms with Crippen LogP contribution < -0.4 is 5.32 Å². The zero-order valence-corrected chi connectivity index (χ0v) is 19.1. The number of rotatable bonds is 7. The minimum atomic E-state index is -0.117. The molecule has 1 aromatic carbocycles. The quantitative estimate of drug-likeness (QED) is 0.458. The van der Waals surface area contributed by atoms with Gasteiger partial charge in [-0.2, -0.15) is 5.10 Å². The van der Waals surface area contributed by atoms with Crippen LogP contribution in [0.25, 0.3) is 21.6 Å². The van der Waals surface area contributed by atoms with Crippen molar-refractivity contribution in [1.29, 1.82) is 0 Å². The first-order valence-electron chi connectivity index (χ1n) is 10.4. The van der Waals surface area contributed by atoms with Gasteiger partial charge in [-0.15, -0.1) is 11.3 Å². The van der Waals surface area contributed by atoms with Gasteiger partial charge in [0.2, 0.25) is 0 Å². The van der Waals surface area contributed by atoms with E-state index in [9.17, 15) is 4.79 Å². The number of fused-ring (bicyclic) bond motifs is 1. The van der Waals surface area contributed by atoms with Crippen molar-refractivity contribution >= 4 is 28.3 Å². The number of benzene rings is 1. The third-order valence-corrected chi connectivity index (χ3v) is 6.01. The molecule has 0 saturated carbocycles. The van der Waals surface area contributed by atoms with Crippen molar-refractivity contribution in [3.05, 3.63) is 70.7 Å². The van der Waals surface area contributed by atoms with Gasteiger partial charge in [-0.1, -0.05) is 30.3 Å². The Morgan fingerprint density at radius 2 is 1.94 bits per heavy atom. The van der Waals surface area contributed by atoms with Crippen LogP contribution in [0.5, 0.6) is 0 Å². The van der Waals surface area contributed by atoms with Crippen molar-refractivity contribution in [2.24, 2.45) is 0 Å². The van der Waals surface area contributed by atoms with Crippen LogP contribution in [0, 0.1) is 0 Å². The normalized spacial score (nSPS) is 11.5. The van der Waals surface area contributed by atoms with Crippen LogP contribution in [-0.4, -0.2) is 39.7 Å². The van der Waals surface area contributed by atoms with E-state index in [1.54, 1.807) is 17.5 Å². The predicted octanol–water partition coefficient (Wildman–Crippen LogP) is 4.73. The maximum atomic E-state index is 13.3. The summed E-state index contributed by atoms with van der Waals surface area (Å²) in [7, 11) is 4.09. The van der Waals surface area contributed by atoms with E-state index in [-0.39, 0.29) is 11.9 Å². The maximum absolute atomic E-state index is 13.3. The Hall–Kier alpha value is -3.03. The Balaban J connectivity index is 1.68. The third-order valence-electron chi connectivity index (χ3n) is 5.12. The van der Waals surface area contributed by atoms with Gasteiger partial charge >= 0.3 is 0 Å². The van der Waals surface area contributed by atoms with Crippen molar-refractivity contribution < 1.29 is 4.79 Å². The number of nitrogens with zero attached hydrogens (tertiary/aromatic N) is 4. The number of thiophene rings is 1. The summed E-state index contributed by atoms with van der Waals surface area (Å²) in [6.45, 7) is 5.43. The maximum Gasteiger partial charge on any atom is 0.252 e. The highest BCUT2D eigenvalue weighted by Gasteiger charge is 2.19. The highest BCUT2D eigenvalue weighted by Crippen LogP contribution is 2.29.